The zero-order valence-corrected chi connectivity index (χ0v) is 10.9. The lowest BCUT2D eigenvalue weighted by Crippen LogP contribution is -2.31. The van der Waals surface area contributed by atoms with Crippen molar-refractivity contribution in [2.75, 3.05) is 0 Å². The van der Waals surface area contributed by atoms with Gasteiger partial charge < -0.3 is 14.9 Å². The van der Waals surface area contributed by atoms with Crippen molar-refractivity contribution in [2.24, 2.45) is 0 Å². The third-order valence-electron chi connectivity index (χ3n) is 3.33. The van der Waals surface area contributed by atoms with E-state index in [0.717, 1.165) is 0 Å². The van der Waals surface area contributed by atoms with Gasteiger partial charge in [-0.3, -0.25) is 4.57 Å². The Balaban J connectivity index is 2.04. The lowest BCUT2D eigenvalue weighted by atomic mass is 10.1. The topological polar surface area (TPSA) is 93.3 Å². The molecule has 1 aliphatic rings. The summed E-state index contributed by atoms with van der Waals surface area (Å²) in [6.07, 6.45) is 0.310. The molecule has 1 unspecified atom stereocenters. The first kappa shape index (κ1) is 12.7. The monoisotopic (exact) mass is 284 g/mol. The molecule has 0 radical (unpaired) electrons. The highest BCUT2D eigenvalue weighted by atomic mass is 35.5. The first-order valence-electron chi connectivity index (χ1n) is 5.98. The van der Waals surface area contributed by atoms with Crippen molar-refractivity contribution in [1.82, 2.24) is 19.5 Å². The number of hydrogen-bond acceptors (Lipinski definition) is 6. The van der Waals surface area contributed by atoms with E-state index >= 15 is 0 Å². The highest BCUT2D eigenvalue weighted by molar-refractivity contribution is 6.33. The number of fused-ring (bicyclic) bond motifs is 1. The summed E-state index contributed by atoms with van der Waals surface area (Å²) in [4.78, 5) is 12.0. The molecular formula is C11H13ClN4O3. The summed E-state index contributed by atoms with van der Waals surface area (Å²) in [6, 6.07) is 0. The smallest absolute Gasteiger partial charge is 0.167 e. The van der Waals surface area contributed by atoms with Crippen LogP contribution in [0.5, 0.6) is 0 Å². The second kappa shape index (κ2) is 4.68. The highest BCUT2D eigenvalue weighted by Crippen LogP contribution is 2.33. The summed E-state index contributed by atoms with van der Waals surface area (Å²) >= 11 is 5.92. The molecule has 0 bridgehead atoms. The quantitative estimate of drug-likeness (QED) is 0.781. The van der Waals surface area contributed by atoms with E-state index in [1.165, 1.54) is 12.7 Å². The first-order valence-corrected chi connectivity index (χ1v) is 6.36. The maximum atomic E-state index is 10.1. The van der Waals surface area contributed by atoms with Gasteiger partial charge in [-0.05, 0) is 6.42 Å². The SMILES string of the molecule is CC[C@H]1O[C@@H](n2cnc3c(Cl)ncnc32)C(O)[C@H]1O. The minimum absolute atomic E-state index is 0.240. The Morgan fingerprint density at radius 1 is 1.32 bits per heavy atom. The van der Waals surface area contributed by atoms with E-state index in [1.54, 1.807) is 4.57 Å². The summed E-state index contributed by atoms with van der Waals surface area (Å²) in [5.41, 5.74) is 0.905. The zero-order valence-electron chi connectivity index (χ0n) is 10.1. The fourth-order valence-electron chi connectivity index (χ4n) is 2.31. The summed E-state index contributed by atoms with van der Waals surface area (Å²) in [5.74, 6) is 0. The van der Waals surface area contributed by atoms with Gasteiger partial charge in [0.2, 0.25) is 0 Å². The number of rotatable bonds is 2. The Bertz CT molecular complexity index is 605. The molecule has 102 valence electrons. The van der Waals surface area contributed by atoms with Crippen LogP contribution in [-0.2, 0) is 4.74 Å². The molecule has 3 rings (SSSR count). The van der Waals surface area contributed by atoms with Gasteiger partial charge in [0, 0.05) is 0 Å². The third kappa shape index (κ3) is 1.90. The molecule has 0 amide bonds. The molecule has 7 nitrogen and oxygen atoms in total. The van der Waals surface area contributed by atoms with Gasteiger partial charge in [0.15, 0.2) is 17.0 Å². The van der Waals surface area contributed by atoms with Crippen LogP contribution in [0, 0.1) is 0 Å². The van der Waals surface area contributed by atoms with Crippen LogP contribution < -0.4 is 0 Å². The molecule has 2 aromatic heterocycles. The number of hydrogen-bond donors (Lipinski definition) is 2. The minimum Gasteiger partial charge on any atom is -0.388 e. The van der Waals surface area contributed by atoms with Crippen LogP contribution in [0.1, 0.15) is 19.6 Å². The predicted octanol–water partition coefficient (Wildman–Crippen LogP) is 0.509. The van der Waals surface area contributed by atoms with Crippen LogP contribution >= 0.6 is 11.6 Å². The second-order valence-corrected chi connectivity index (χ2v) is 4.80. The number of aromatic nitrogens is 4. The van der Waals surface area contributed by atoms with Crippen molar-refractivity contribution >= 4 is 22.8 Å². The molecule has 1 fully saturated rings. The van der Waals surface area contributed by atoms with Crippen LogP contribution in [0.15, 0.2) is 12.7 Å². The van der Waals surface area contributed by atoms with E-state index in [9.17, 15) is 10.2 Å². The molecule has 0 aromatic carbocycles. The minimum atomic E-state index is -1.03. The molecule has 0 aliphatic carbocycles. The number of aliphatic hydroxyl groups excluding tert-OH is 2. The van der Waals surface area contributed by atoms with Crippen molar-refractivity contribution in [3.05, 3.63) is 17.8 Å². The van der Waals surface area contributed by atoms with E-state index in [0.29, 0.717) is 17.6 Å². The Kier molecular flexibility index (Phi) is 3.14. The molecule has 2 N–H and O–H groups in total. The van der Waals surface area contributed by atoms with Gasteiger partial charge in [0.1, 0.15) is 24.1 Å². The fraction of sp³-hybridized carbons (Fsp3) is 0.545. The Morgan fingerprint density at radius 2 is 2.11 bits per heavy atom. The van der Waals surface area contributed by atoms with Gasteiger partial charge in [-0.2, -0.15) is 0 Å². The summed E-state index contributed by atoms with van der Waals surface area (Å²) in [5, 5.41) is 20.2. The zero-order chi connectivity index (χ0) is 13.6. The second-order valence-electron chi connectivity index (χ2n) is 4.44. The van der Waals surface area contributed by atoms with E-state index in [-0.39, 0.29) is 5.15 Å². The number of ether oxygens (including phenoxy) is 1. The molecule has 19 heavy (non-hydrogen) atoms. The van der Waals surface area contributed by atoms with Gasteiger partial charge in [0.05, 0.1) is 12.4 Å². The molecule has 3 heterocycles. The van der Waals surface area contributed by atoms with E-state index in [4.69, 9.17) is 16.3 Å². The van der Waals surface area contributed by atoms with Crippen molar-refractivity contribution in [3.63, 3.8) is 0 Å². The number of nitrogens with zero attached hydrogens (tertiary/aromatic N) is 4. The maximum absolute atomic E-state index is 10.1. The molecule has 4 atom stereocenters. The molecule has 0 spiro atoms. The largest absolute Gasteiger partial charge is 0.388 e. The molecule has 1 saturated heterocycles. The predicted molar refractivity (Wildman–Crippen MR) is 66.5 cm³/mol. The van der Waals surface area contributed by atoms with Gasteiger partial charge >= 0.3 is 0 Å². The average Bonchev–Trinajstić information content (AvgIpc) is 2.94. The van der Waals surface area contributed by atoms with Crippen molar-refractivity contribution in [3.8, 4) is 0 Å². The van der Waals surface area contributed by atoms with Gasteiger partial charge in [-0.15, -0.1) is 0 Å². The number of halogens is 1. The molecule has 2 aromatic rings. The lowest BCUT2D eigenvalue weighted by molar-refractivity contribution is -0.0355. The number of imidazole rings is 1. The van der Waals surface area contributed by atoms with Crippen molar-refractivity contribution in [1.29, 1.82) is 0 Å². The normalized spacial score (nSPS) is 31.2. The van der Waals surface area contributed by atoms with Crippen molar-refractivity contribution < 1.29 is 14.9 Å². The Morgan fingerprint density at radius 3 is 2.79 bits per heavy atom. The standard InChI is InChI=1S/C11H13ClN4O3/c1-2-5-7(17)8(18)11(19-5)16-4-15-6-9(12)13-3-14-10(6)16/h3-5,7-8,11,17-18H,2H2,1H3/t5-,7+,8?,11-/m1/s1. The summed E-state index contributed by atoms with van der Waals surface area (Å²) < 4.78 is 7.21. The molecule has 8 heteroatoms. The molecule has 0 saturated carbocycles. The maximum Gasteiger partial charge on any atom is 0.167 e. The first-order chi connectivity index (χ1) is 9.13. The Labute approximate surface area is 113 Å². The lowest BCUT2D eigenvalue weighted by Gasteiger charge is -2.16. The van der Waals surface area contributed by atoms with Crippen LogP contribution in [0.25, 0.3) is 11.2 Å². The summed E-state index contributed by atoms with van der Waals surface area (Å²) in [6.45, 7) is 1.88. The molecular weight excluding hydrogens is 272 g/mol. The summed E-state index contributed by atoms with van der Waals surface area (Å²) in [7, 11) is 0. The van der Waals surface area contributed by atoms with Crippen LogP contribution in [-0.4, -0.2) is 48.0 Å². The van der Waals surface area contributed by atoms with Crippen LogP contribution in [0.3, 0.4) is 0 Å². The average molecular weight is 285 g/mol. The van der Waals surface area contributed by atoms with Gasteiger partial charge in [0.25, 0.3) is 0 Å². The molecule has 1 aliphatic heterocycles. The van der Waals surface area contributed by atoms with Crippen molar-refractivity contribution in [2.45, 2.75) is 37.9 Å². The van der Waals surface area contributed by atoms with Crippen LogP contribution in [0.2, 0.25) is 5.15 Å². The van der Waals surface area contributed by atoms with Gasteiger partial charge in [-0.25, -0.2) is 15.0 Å². The van der Waals surface area contributed by atoms with E-state index < -0.39 is 24.5 Å². The third-order valence-corrected chi connectivity index (χ3v) is 3.60. The van der Waals surface area contributed by atoms with E-state index in [1.807, 2.05) is 6.92 Å². The van der Waals surface area contributed by atoms with Gasteiger partial charge in [-0.1, -0.05) is 18.5 Å². The highest BCUT2D eigenvalue weighted by Gasteiger charge is 2.43. The fourth-order valence-corrected chi connectivity index (χ4v) is 2.48. The Hall–Kier alpha value is -1.28. The van der Waals surface area contributed by atoms with Crippen LogP contribution in [0.4, 0.5) is 0 Å². The van der Waals surface area contributed by atoms with E-state index in [2.05, 4.69) is 15.0 Å². The number of aliphatic hydroxyl groups is 2.